The minimum absolute atomic E-state index is 0.133. The van der Waals surface area contributed by atoms with E-state index in [4.69, 9.17) is 4.52 Å². The van der Waals surface area contributed by atoms with Crippen LogP contribution in [-0.4, -0.2) is 15.9 Å². The van der Waals surface area contributed by atoms with Crippen LogP contribution in [0.2, 0.25) is 0 Å². The zero-order valence-electron chi connectivity index (χ0n) is 10.6. The van der Waals surface area contributed by atoms with Crippen LogP contribution in [-0.2, 0) is 17.6 Å². The fourth-order valence-corrected chi connectivity index (χ4v) is 1.73. The Bertz CT molecular complexity index is 546. The molecule has 2 aromatic rings. The molecule has 2 rings (SSSR count). The van der Waals surface area contributed by atoms with Crippen molar-refractivity contribution in [1.29, 1.82) is 0 Å². The van der Waals surface area contributed by atoms with Crippen molar-refractivity contribution < 1.29 is 9.32 Å². The van der Waals surface area contributed by atoms with Gasteiger partial charge in [-0.15, -0.1) is 0 Å². The molecule has 1 heterocycles. The number of carbonyl (C=O) groups excluding carboxylic acids is 1. The zero-order chi connectivity index (χ0) is 13.0. The van der Waals surface area contributed by atoms with Crippen LogP contribution in [0, 0.1) is 6.92 Å². The maximum absolute atomic E-state index is 10.9. The highest BCUT2D eigenvalue weighted by Gasteiger charge is 2.08. The number of ketones is 1. The topological polar surface area (TPSA) is 56.0 Å². The molecule has 0 amide bonds. The van der Waals surface area contributed by atoms with E-state index in [-0.39, 0.29) is 5.78 Å². The van der Waals surface area contributed by atoms with Crippen molar-refractivity contribution in [2.45, 2.75) is 33.1 Å². The number of benzene rings is 1. The van der Waals surface area contributed by atoms with E-state index < -0.39 is 0 Å². The van der Waals surface area contributed by atoms with Gasteiger partial charge in [-0.3, -0.25) is 0 Å². The number of Topliss-reactive ketones (excluding diaryl/α,β-unsaturated/α-hetero) is 1. The van der Waals surface area contributed by atoms with Gasteiger partial charge in [0.1, 0.15) is 5.78 Å². The lowest BCUT2D eigenvalue weighted by Crippen LogP contribution is -1.96. The van der Waals surface area contributed by atoms with Crippen molar-refractivity contribution in [1.82, 2.24) is 10.1 Å². The normalized spacial score (nSPS) is 10.6. The summed E-state index contributed by atoms with van der Waals surface area (Å²) in [5.74, 6) is 1.34. The highest BCUT2D eigenvalue weighted by molar-refractivity contribution is 5.75. The van der Waals surface area contributed by atoms with Crippen molar-refractivity contribution in [3.63, 3.8) is 0 Å². The lowest BCUT2D eigenvalue weighted by atomic mass is 10.1. The third kappa shape index (κ3) is 3.26. The molecule has 0 spiro atoms. The lowest BCUT2D eigenvalue weighted by molar-refractivity contribution is -0.117. The first kappa shape index (κ1) is 12.5. The molecule has 0 aliphatic carbocycles. The van der Waals surface area contributed by atoms with Crippen LogP contribution in [0.5, 0.6) is 0 Å². The van der Waals surface area contributed by atoms with E-state index in [2.05, 4.69) is 29.2 Å². The Balaban J connectivity index is 2.02. The molecule has 0 aliphatic heterocycles. The summed E-state index contributed by atoms with van der Waals surface area (Å²) < 4.78 is 5.11. The molecule has 1 aromatic heterocycles. The Labute approximate surface area is 106 Å². The van der Waals surface area contributed by atoms with Crippen molar-refractivity contribution in [2.75, 3.05) is 0 Å². The second-order valence-corrected chi connectivity index (χ2v) is 4.41. The largest absolute Gasteiger partial charge is 0.339 e. The molecule has 0 unspecified atom stereocenters. The Morgan fingerprint density at radius 1 is 1.33 bits per heavy atom. The molecule has 0 aliphatic rings. The Kier molecular flexibility index (Phi) is 3.87. The number of hydrogen-bond acceptors (Lipinski definition) is 4. The second-order valence-electron chi connectivity index (χ2n) is 4.41. The summed E-state index contributed by atoms with van der Waals surface area (Å²) in [6, 6.07) is 8.12. The van der Waals surface area contributed by atoms with Gasteiger partial charge in [0.25, 0.3) is 0 Å². The van der Waals surface area contributed by atoms with Gasteiger partial charge in [-0.25, -0.2) is 0 Å². The van der Waals surface area contributed by atoms with E-state index in [1.807, 2.05) is 12.1 Å². The number of aromatic nitrogens is 2. The monoisotopic (exact) mass is 244 g/mol. The first-order valence-electron chi connectivity index (χ1n) is 6.00. The lowest BCUT2D eigenvalue weighted by Gasteiger charge is -2.00. The Morgan fingerprint density at radius 2 is 2.11 bits per heavy atom. The number of aryl methyl sites for hydroxylation is 2. The number of rotatable bonds is 5. The third-order valence-electron chi connectivity index (χ3n) is 2.81. The number of nitrogens with zero attached hydrogens (tertiary/aromatic N) is 2. The molecule has 1 aromatic carbocycles. The zero-order valence-corrected chi connectivity index (χ0v) is 10.6. The molecule has 94 valence electrons. The molecule has 0 fully saturated rings. The van der Waals surface area contributed by atoms with Crippen LogP contribution in [0.1, 0.15) is 36.2 Å². The van der Waals surface area contributed by atoms with Crippen LogP contribution in [0.4, 0.5) is 0 Å². The van der Waals surface area contributed by atoms with E-state index in [9.17, 15) is 4.79 Å². The minimum atomic E-state index is 0.133. The molecule has 0 N–H and O–H groups in total. The molecule has 0 saturated heterocycles. The summed E-state index contributed by atoms with van der Waals surface area (Å²) in [7, 11) is 0. The third-order valence-corrected chi connectivity index (χ3v) is 2.81. The smallest absolute Gasteiger partial charge is 0.227 e. The van der Waals surface area contributed by atoms with Crippen LogP contribution < -0.4 is 0 Å². The minimum Gasteiger partial charge on any atom is -0.339 e. The standard InChI is InChI=1S/C14H16N2O2/c1-10-5-3-4-6-12(10)9-13-15-14(18-16-13)8-7-11(2)17/h3-6H,7-9H2,1-2H3. The summed E-state index contributed by atoms with van der Waals surface area (Å²) in [6.07, 6.45) is 1.64. The van der Waals surface area contributed by atoms with E-state index in [1.165, 1.54) is 11.1 Å². The van der Waals surface area contributed by atoms with Crippen LogP contribution in [0.15, 0.2) is 28.8 Å². The Hall–Kier alpha value is -1.97. The Morgan fingerprint density at radius 3 is 2.83 bits per heavy atom. The highest BCUT2D eigenvalue weighted by atomic mass is 16.5. The van der Waals surface area contributed by atoms with Crippen molar-refractivity contribution in [3.05, 3.63) is 47.1 Å². The fraction of sp³-hybridized carbons (Fsp3) is 0.357. The fourth-order valence-electron chi connectivity index (χ4n) is 1.73. The summed E-state index contributed by atoms with van der Waals surface area (Å²) in [4.78, 5) is 15.2. The molecule has 18 heavy (non-hydrogen) atoms. The van der Waals surface area contributed by atoms with E-state index in [0.717, 1.165) is 0 Å². The summed E-state index contributed by atoms with van der Waals surface area (Å²) in [5.41, 5.74) is 2.41. The van der Waals surface area contributed by atoms with Gasteiger partial charge in [0, 0.05) is 19.3 Å². The summed E-state index contributed by atoms with van der Waals surface area (Å²) in [6.45, 7) is 3.62. The van der Waals surface area contributed by atoms with Crippen molar-refractivity contribution >= 4 is 5.78 Å². The average molecular weight is 244 g/mol. The predicted octanol–water partition coefficient (Wildman–Crippen LogP) is 2.49. The maximum atomic E-state index is 10.9. The van der Waals surface area contributed by atoms with E-state index >= 15 is 0 Å². The van der Waals surface area contributed by atoms with Crippen LogP contribution in [0.3, 0.4) is 0 Å². The molecular weight excluding hydrogens is 228 g/mol. The van der Waals surface area contributed by atoms with Gasteiger partial charge < -0.3 is 9.32 Å². The molecule has 0 radical (unpaired) electrons. The highest BCUT2D eigenvalue weighted by Crippen LogP contribution is 2.12. The number of hydrogen-bond donors (Lipinski definition) is 0. The van der Waals surface area contributed by atoms with Crippen molar-refractivity contribution in [3.8, 4) is 0 Å². The maximum Gasteiger partial charge on any atom is 0.227 e. The second kappa shape index (κ2) is 5.58. The van der Waals surface area contributed by atoms with Gasteiger partial charge in [-0.1, -0.05) is 29.4 Å². The van der Waals surface area contributed by atoms with Gasteiger partial charge in [0.05, 0.1) is 0 Å². The first-order valence-corrected chi connectivity index (χ1v) is 6.00. The molecule has 4 nitrogen and oxygen atoms in total. The van der Waals surface area contributed by atoms with Gasteiger partial charge >= 0.3 is 0 Å². The summed E-state index contributed by atoms with van der Waals surface area (Å²) in [5, 5.41) is 3.93. The van der Waals surface area contributed by atoms with Crippen molar-refractivity contribution in [2.24, 2.45) is 0 Å². The first-order chi connectivity index (χ1) is 8.65. The molecule has 0 saturated carbocycles. The molecular formula is C14H16N2O2. The molecule has 0 atom stereocenters. The van der Waals surface area contributed by atoms with Gasteiger partial charge in [-0.2, -0.15) is 4.98 Å². The molecule has 0 bridgehead atoms. The van der Waals surface area contributed by atoms with E-state index in [1.54, 1.807) is 6.92 Å². The predicted molar refractivity (Wildman–Crippen MR) is 67.3 cm³/mol. The quantitative estimate of drug-likeness (QED) is 0.810. The van der Waals surface area contributed by atoms with Gasteiger partial charge in [0.2, 0.25) is 5.89 Å². The van der Waals surface area contributed by atoms with Gasteiger partial charge in [0.15, 0.2) is 5.82 Å². The average Bonchev–Trinajstić information content (AvgIpc) is 2.77. The van der Waals surface area contributed by atoms with E-state index in [0.29, 0.717) is 31.0 Å². The van der Waals surface area contributed by atoms with Gasteiger partial charge in [-0.05, 0) is 25.0 Å². The summed E-state index contributed by atoms with van der Waals surface area (Å²) >= 11 is 0. The SMILES string of the molecule is CC(=O)CCc1nc(Cc2ccccc2C)no1. The number of carbonyl (C=O) groups is 1. The molecule has 4 heteroatoms. The van der Waals surface area contributed by atoms with Crippen LogP contribution in [0.25, 0.3) is 0 Å². The van der Waals surface area contributed by atoms with Crippen LogP contribution >= 0.6 is 0 Å².